The molecule has 0 fully saturated rings. The Bertz CT molecular complexity index is 498. The molecular weight excluding hydrogens is 201 g/mol. The molecule has 0 aromatic heterocycles. The van der Waals surface area contributed by atoms with Gasteiger partial charge in [0.25, 0.3) is 0 Å². The van der Waals surface area contributed by atoms with E-state index in [-0.39, 0.29) is 5.39 Å². The molecule has 0 spiro atoms. The van der Waals surface area contributed by atoms with Crippen molar-refractivity contribution in [1.82, 2.24) is 0 Å². The zero-order valence-corrected chi connectivity index (χ0v) is 7.81. The maximum atomic E-state index is 12.7. The van der Waals surface area contributed by atoms with Crippen molar-refractivity contribution < 1.29 is 13.2 Å². The van der Waals surface area contributed by atoms with Crippen molar-refractivity contribution in [3.8, 4) is 0 Å². The van der Waals surface area contributed by atoms with Gasteiger partial charge in [-0.1, -0.05) is 30.3 Å². The topological polar surface area (TPSA) is 0 Å². The Labute approximate surface area is 85.3 Å². The second-order valence-corrected chi connectivity index (χ2v) is 3.36. The molecule has 0 bridgehead atoms. The summed E-state index contributed by atoms with van der Waals surface area (Å²) in [6.07, 6.45) is -4.33. The number of rotatable bonds is 0. The quantitative estimate of drug-likeness (QED) is 0.614. The van der Waals surface area contributed by atoms with Crippen LogP contribution in [-0.4, -0.2) is 0 Å². The maximum Gasteiger partial charge on any atom is 0.417 e. The average Bonchev–Trinajstić information content (AvgIpc) is 2.15. The van der Waals surface area contributed by atoms with Gasteiger partial charge >= 0.3 is 6.18 Å². The fourth-order valence-corrected chi connectivity index (χ4v) is 1.61. The standard InChI is InChI=1S/C12H8F3/c1-8-6-9-4-2-3-5-10(9)11(7-8)12(13,14)15/h2-7H,1H2. The molecule has 2 aromatic rings. The van der Waals surface area contributed by atoms with Crippen LogP contribution in [0.4, 0.5) is 13.2 Å². The van der Waals surface area contributed by atoms with E-state index in [0.29, 0.717) is 10.9 Å². The molecule has 0 amide bonds. The van der Waals surface area contributed by atoms with E-state index in [2.05, 4.69) is 6.92 Å². The number of fused-ring (bicyclic) bond motifs is 1. The average molecular weight is 209 g/mol. The third kappa shape index (κ3) is 1.82. The van der Waals surface area contributed by atoms with E-state index in [1.807, 2.05) is 0 Å². The fraction of sp³-hybridized carbons (Fsp3) is 0.0833. The van der Waals surface area contributed by atoms with Crippen LogP contribution in [0.25, 0.3) is 10.8 Å². The van der Waals surface area contributed by atoms with Gasteiger partial charge < -0.3 is 0 Å². The smallest absolute Gasteiger partial charge is 0.166 e. The molecule has 0 N–H and O–H groups in total. The van der Waals surface area contributed by atoms with Gasteiger partial charge in [0.1, 0.15) is 0 Å². The molecule has 0 atom stereocenters. The van der Waals surface area contributed by atoms with Gasteiger partial charge in [0.15, 0.2) is 0 Å². The number of benzene rings is 2. The van der Waals surface area contributed by atoms with Crippen LogP contribution >= 0.6 is 0 Å². The highest BCUT2D eigenvalue weighted by Gasteiger charge is 2.32. The Balaban J connectivity index is 2.83. The molecule has 0 aliphatic heterocycles. The monoisotopic (exact) mass is 209 g/mol. The Hall–Kier alpha value is -1.51. The Kier molecular flexibility index (Phi) is 2.18. The Morgan fingerprint density at radius 2 is 1.67 bits per heavy atom. The largest absolute Gasteiger partial charge is 0.417 e. The highest BCUT2D eigenvalue weighted by atomic mass is 19.4. The molecule has 77 valence electrons. The van der Waals surface area contributed by atoms with Crippen molar-refractivity contribution in [2.24, 2.45) is 0 Å². The van der Waals surface area contributed by atoms with E-state index >= 15 is 0 Å². The lowest BCUT2D eigenvalue weighted by Crippen LogP contribution is -2.06. The first-order chi connectivity index (χ1) is 6.98. The predicted octanol–water partition coefficient (Wildman–Crippen LogP) is 4.04. The molecular formula is C12H8F3. The zero-order valence-electron chi connectivity index (χ0n) is 7.81. The second kappa shape index (κ2) is 3.26. The van der Waals surface area contributed by atoms with Crippen molar-refractivity contribution in [3.05, 3.63) is 54.4 Å². The van der Waals surface area contributed by atoms with Crippen LogP contribution in [0, 0.1) is 6.92 Å². The third-order valence-electron chi connectivity index (χ3n) is 2.23. The predicted molar refractivity (Wildman–Crippen MR) is 53.4 cm³/mol. The highest BCUT2D eigenvalue weighted by molar-refractivity contribution is 5.87. The molecule has 15 heavy (non-hydrogen) atoms. The summed E-state index contributed by atoms with van der Waals surface area (Å²) in [5.41, 5.74) is -0.244. The van der Waals surface area contributed by atoms with Crippen LogP contribution in [0.1, 0.15) is 11.1 Å². The molecule has 0 nitrogen and oxygen atoms in total. The molecule has 3 heteroatoms. The van der Waals surface area contributed by atoms with E-state index < -0.39 is 11.7 Å². The number of hydrogen-bond donors (Lipinski definition) is 0. The van der Waals surface area contributed by atoms with E-state index in [4.69, 9.17) is 0 Å². The first-order valence-corrected chi connectivity index (χ1v) is 4.40. The van der Waals surface area contributed by atoms with Crippen LogP contribution in [0.3, 0.4) is 0 Å². The van der Waals surface area contributed by atoms with Crippen molar-refractivity contribution in [3.63, 3.8) is 0 Å². The number of hydrogen-bond acceptors (Lipinski definition) is 0. The summed E-state index contributed by atoms with van der Waals surface area (Å²) >= 11 is 0. The Morgan fingerprint density at radius 1 is 1.00 bits per heavy atom. The minimum Gasteiger partial charge on any atom is -0.166 e. The van der Waals surface area contributed by atoms with Gasteiger partial charge in [-0.2, -0.15) is 13.2 Å². The minimum absolute atomic E-state index is 0.220. The van der Waals surface area contributed by atoms with Crippen molar-refractivity contribution in [2.45, 2.75) is 6.18 Å². The molecule has 2 aromatic carbocycles. The van der Waals surface area contributed by atoms with Crippen molar-refractivity contribution in [2.75, 3.05) is 0 Å². The molecule has 0 unspecified atom stereocenters. The van der Waals surface area contributed by atoms with E-state index in [9.17, 15) is 13.2 Å². The van der Waals surface area contributed by atoms with Gasteiger partial charge in [0.2, 0.25) is 0 Å². The van der Waals surface area contributed by atoms with Gasteiger partial charge in [-0.25, -0.2) is 0 Å². The lowest BCUT2D eigenvalue weighted by atomic mass is 10.0. The van der Waals surface area contributed by atoms with E-state index in [1.165, 1.54) is 6.07 Å². The van der Waals surface area contributed by atoms with Gasteiger partial charge in [-0.3, -0.25) is 0 Å². The van der Waals surface area contributed by atoms with Gasteiger partial charge in [-0.15, -0.1) is 0 Å². The van der Waals surface area contributed by atoms with Crippen LogP contribution in [0.15, 0.2) is 36.4 Å². The first-order valence-electron chi connectivity index (χ1n) is 4.40. The molecule has 0 aliphatic rings. The van der Waals surface area contributed by atoms with Gasteiger partial charge in [0.05, 0.1) is 5.56 Å². The summed E-state index contributed by atoms with van der Waals surface area (Å²) in [5.74, 6) is 0. The molecule has 0 saturated heterocycles. The van der Waals surface area contributed by atoms with Gasteiger partial charge in [-0.05, 0) is 29.3 Å². The molecule has 2 rings (SSSR count). The molecule has 0 saturated carbocycles. The van der Waals surface area contributed by atoms with Gasteiger partial charge in [0, 0.05) is 0 Å². The SMILES string of the molecule is [CH2]c1cc(C(F)(F)F)c2ccccc2c1. The second-order valence-electron chi connectivity index (χ2n) is 3.36. The number of halogens is 3. The normalized spacial score (nSPS) is 12.0. The van der Waals surface area contributed by atoms with Crippen LogP contribution < -0.4 is 0 Å². The number of alkyl halides is 3. The minimum atomic E-state index is -4.33. The van der Waals surface area contributed by atoms with Crippen molar-refractivity contribution >= 4 is 10.8 Å². The fourth-order valence-electron chi connectivity index (χ4n) is 1.61. The van der Waals surface area contributed by atoms with Crippen LogP contribution in [-0.2, 0) is 6.18 Å². The van der Waals surface area contributed by atoms with E-state index in [0.717, 1.165) is 6.07 Å². The summed E-state index contributed by atoms with van der Waals surface area (Å²) in [7, 11) is 0. The van der Waals surface area contributed by atoms with E-state index in [1.54, 1.807) is 24.3 Å². The molecule has 0 aliphatic carbocycles. The summed E-state index contributed by atoms with van der Waals surface area (Å²) in [4.78, 5) is 0. The molecule has 0 heterocycles. The van der Waals surface area contributed by atoms with Crippen LogP contribution in [0.2, 0.25) is 0 Å². The summed E-state index contributed by atoms with van der Waals surface area (Å²) in [6, 6.07) is 9.14. The molecule has 1 radical (unpaired) electrons. The highest BCUT2D eigenvalue weighted by Crippen LogP contribution is 2.35. The Morgan fingerprint density at radius 3 is 2.33 bits per heavy atom. The van der Waals surface area contributed by atoms with Crippen LogP contribution in [0.5, 0.6) is 0 Å². The summed E-state index contributed by atoms with van der Waals surface area (Å²) in [6.45, 7) is 3.54. The lowest BCUT2D eigenvalue weighted by molar-refractivity contribution is -0.136. The zero-order chi connectivity index (χ0) is 11.1. The maximum absolute atomic E-state index is 12.7. The summed E-state index contributed by atoms with van der Waals surface area (Å²) < 4.78 is 38.0. The lowest BCUT2D eigenvalue weighted by Gasteiger charge is -2.11. The van der Waals surface area contributed by atoms with Crippen molar-refractivity contribution in [1.29, 1.82) is 0 Å². The third-order valence-corrected chi connectivity index (χ3v) is 2.23. The summed E-state index contributed by atoms with van der Waals surface area (Å²) in [5, 5.41) is 0.787. The first kappa shape index (κ1) is 10.0.